The number of Topliss-reactive ketones (excluding diaryl/α,β-unsaturated/α-hetero) is 1. The lowest BCUT2D eigenvalue weighted by atomic mass is 9.98. The van der Waals surface area contributed by atoms with E-state index in [2.05, 4.69) is 0 Å². The fourth-order valence-corrected chi connectivity index (χ4v) is 1.40. The number of ketones is 1. The van der Waals surface area contributed by atoms with Gasteiger partial charge < -0.3 is 0 Å². The summed E-state index contributed by atoms with van der Waals surface area (Å²) in [6.45, 7) is 3.26. The van der Waals surface area contributed by atoms with Crippen LogP contribution in [-0.4, -0.2) is 5.78 Å². The fraction of sp³-hybridized carbons (Fsp3) is 0.364. The van der Waals surface area contributed by atoms with Gasteiger partial charge in [-0.3, -0.25) is 4.79 Å². The first-order valence-corrected chi connectivity index (χ1v) is 4.48. The second-order valence-electron chi connectivity index (χ2n) is 3.11. The lowest BCUT2D eigenvalue weighted by Gasteiger charge is -2.09. The van der Waals surface area contributed by atoms with E-state index in [1.165, 1.54) is 6.07 Å². The van der Waals surface area contributed by atoms with Crippen molar-refractivity contribution < 1.29 is 13.6 Å². The summed E-state index contributed by atoms with van der Waals surface area (Å²) in [5.74, 6) is -0.232. The zero-order valence-corrected chi connectivity index (χ0v) is 8.18. The second kappa shape index (κ2) is 4.31. The average Bonchev–Trinajstić information content (AvgIpc) is 2.15. The van der Waals surface area contributed by atoms with Crippen molar-refractivity contribution in [3.05, 3.63) is 34.9 Å². The maximum Gasteiger partial charge on any atom is 0.264 e. The predicted molar refractivity (Wildman–Crippen MR) is 50.8 cm³/mol. The Bertz CT molecular complexity index is 345. The van der Waals surface area contributed by atoms with Gasteiger partial charge in [-0.05, 0) is 12.5 Å². The molecule has 0 aliphatic carbocycles. The molecule has 0 heterocycles. The normalized spacial score (nSPS) is 10.6. The Balaban J connectivity index is 3.28. The van der Waals surface area contributed by atoms with Gasteiger partial charge >= 0.3 is 0 Å². The highest BCUT2D eigenvalue weighted by molar-refractivity contribution is 5.97. The summed E-state index contributed by atoms with van der Waals surface area (Å²) in [5.41, 5.74) is 0.501. The molecule has 0 radical (unpaired) electrons. The van der Waals surface area contributed by atoms with Crippen LogP contribution in [-0.2, 0) is 0 Å². The molecule has 3 heteroatoms. The molecule has 0 atom stereocenters. The molecule has 1 aromatic carbocycles. The highest BCUT2D eigenvalue weighted by Gasteiger charge is 2.18. The number of aryl methyl sites for hydroxylation is 1. The molecule has 0 fully saturated rings. The van der Waals surface area contributed by atoms with Gasteiger partial charge in [0.05, 0.1) is 0 Å². The van der Waals surface area contributed by atoms with Gasteiger partial charge in [-0.25, -0.2) is 8.78 Å². The molecule has 0 saturated carbocycles. The molecule has 0 aliphatic heterocycles. The van der Waals surface area contributed by atoms with E-state index in [1.54, 1.807) is 26.0 Å². The minimum absolute atomic E-state index is 0.126. The van der Waals surface area contributed by atoms with Gasteiger partial charge in [0.25, 0.3) is 6.43 Å². The highest BCUT2D eigenvalue weighted by Crippen LogP contribution is 2.27. The summed E-state index contributed by atoms with van der Waals surface area (Å²) in [7, 11) is 0. The molecule has 14 heavy (non-hydrogen) atoms. The van der Waals surface area contributed by atoms with Crippen molar-refractivity contribution in [2.75, 3.05) is 0 Å². The van der Waals surface area contributed by atoms with E-state index >= 15 is 0 Å². The number of benzene rings is 1. The van der Waals surface area contributed by atoms with Gasteiger partial charge in [0.15, 0.2) is 5.78 Å². The van der Waals surface area contributed by atoms with E-state index in [4.69, 9.17) is 0 Å². The summed E-state index contributed by atoms with van der Waals surface area (Å²) >= 11 is 0. The number of rotatable bonds is 3. The van der Waals surface area contributed by atoms with Crippen molar-refractivity contribution >= 4 is 5.78 Å². The number of carbonyl (C=O) groups is 1. The van der Waals surface area contributed by atoms with E-state index in [1.807, 2.05) is 0 Å². The largest absolute Gasteiger partial charge is 0.294 e. The second-order valence-corrected chi connectivity index (χ2v) is 3.11. The standard InChI is InChI=1S/C11H12F2O/c1-3-9(14)8-6-4-5-7(2)10(8)11(12)13/h4-6,11H,3H2,1-2H3. The molecule has 0 N–H and O–H groups in total. The quantitative estimate of drug-likeness (QED) is 0.679. The van der Waals surface area contributed by atoms with Crippen molar-refractivity contribution in [3.8, 4) is 0 Å². The molecule has 0 aromatic heterocycles. The molecule has 0 unspecified atom stereocenters. The minimum Gasteiger partial charge on any atom is -0.294 e. The van der Waals surface area contributed by atoms with Gasteiger partial charge in [0, 0.05) is 17.5 Å². The lowest BCUT2D eigenvalue weighted by Crippen LogP contribution is -2.04. The van der Waals surface area contributed by atoms with Crippen LogP contribution in [0.1, 0.15) is 41.3 Å². The molecule has 1 aromatic rings. The van der Waals surface area contributed by atoms with Gasteiger partial charge in [0.1, 0.15) is 0 Å². The van der Waals surface area contributed by atoms with Crippen LogP contribution < -0.4 is 0 Å². The van der Waals surface area contributed by atoms with E-state index in [0.29, 0.717) is 5.56 Å². The Morgan fingerprint density at radius 3 is 2.57 bits per heavy atom. The summed E-state index contributed by atoms with van der Waals surface area (Å²) in [5, 5.41) is 0. The summed E-state index contributed by atoms with van der Waals surface area (Å²) in [4.78, 5) is 11.4. The Morgan fingerprint density at radius 2 is 2.07 bits per heavy atom. The molecule has 0 aliphatic rings. The van der Waals surface area contributed by atoms with Crippen molar-refractivity contribution in [3.63, 3.8) is 0 Å². The number of hydrogen-bond donors (Lipinski definition) is 0. The summed E-state index contributed by atoms with van der Waals surface area (Å²) in [6, 6.07) is 4.68. The van der Waals surface area contributed by atoms with Gasteiger partial charge in [-0.2, -0.15) is 0 Å². The monoisotopic (exact) mass is 198 g/mol. The number of halogens is 2. The molecular weight excluding hydrogens is 186 g/mol. The number of hydrogen-bond acceptors (Lipinski definition) is 1. The van der Waals surface area contributed by atoms with Crippen molar-refractivity contribution in [1.82, 2.24) is 0 Å². The molecule has 1 rings (SSSR count). The Morgan fingerprint density at radius 1 is 1.43 bits per heavy atom. The molecule has 76 valence electrons. The molecule has 0 amide bonds. The topological polar surface area (TPSA) is 17.1 Å². The Hall–Kier alpha value is -1.25. The van der Waals surface area contributed by atoms with Crippen LogP contribution in [0.3, 0.4) is 0 Å². The van der Waals surface area contributed by atoms with E-state index < -0.39 is 6.43 Å². The van der Waals surface area contributed by atoms with E-state index in [-0.39, 0.29) is 23.3 Å². The van der Waals surface area contributed by atoms with E-state index in [9.17, 15) is 13.6 Å². The van der Waals surface area contributed by atoms with Gasteiger partial charge in [0.2, 0.25) is 0 Å². The van der Waals surface area contributed by atoms with Gasteiger partial charge in [-0.15, -0.1) is 0 Å². The smallest absolute Gasteiger partial charge is 0.264 e. The van der Waals surface area contributed by atoms with Crippen LogP contribution in [0.4, 0.5) is 8.78 Å². The lowest BCUT2D eigenvalue weighted by molar-refractivity contribution is 0.0973. The van der Waals surface area contributed by atoms with Crippen LogP contribution in [0, 0.1) is 6.92 Å². The first-order chi connectivity index (χ1) is 6.57. The van der Waals surface area contributed by atoms with E-state index in [0.717, 1.165) is 0 Å². The van der Waals surface area contributed by atoms with Crippen LogP contribution in [0.15, 0.2) is 18.2 Å². The Kier molecular flexibility index (Phi) is 3.33. The molecule has 0 saturated heterocycles. The number of carbonyl (C=O) groups excluding carboxylic acids is 1. The zero-order valence-electron chi connectivity index (χ0n) is 8.18. The summed E-state index contributed by atoms with van der Waals surface area (Å²) in [6.07, 6.45) is -2.33. The first-order valence-electron chi connectivity index (χ1n) is 4.48. The Labute approximate surface area is 81.7 Å². The van der Waals surface area contributed by atoms with Crippen LogP contribution in [0.5, 0.6) is 0 Å². The van der Waals surface area contributed by atoms with Crippen LogP contribution >= 0.6 is 0 Å². The fourth-order valence-electron chi connectivity index (χ4n) is 1.40. The maximum absolute atomic E-state index is 12.6. The molecule has 0 spiro atoms. The maximum atomic E-state index is 12.6. The number of alkyl halides is 2. The zero-order chi connectivity index (χ0) is 10.7. The van der Waals surface area contributed by atoms with Gasteiger partial charge in [-0.1, -0.05) is 25.1 Å². The third-order valence-electron chi connectivity index (χ3n) is 2.16. The first kappa shape index (κ1) is 10.8. The van der Waals surface area contributed by atoms with Crippen molar-refractivity contribution in [1.29, 1.82) is 0 Å². The average molecular weight is 198 g/mol. The molecular formula is C11H12F2O. The third-order valence-corrected chi connectivity index (χ3v) is 2.16. The summed E-state index contributed by atoms with van der Waals surface area (Å²) < 4.78 is 25.3. The van der Waals surface area contributed by atoms with Crippen LogP contribution in [0.2, 0.25) is 0 Å². The third kappa shape index (κ3) is 1.97. The van der Waals surface area contributed by atoms with Crippen LogP contribution in [0.25, 0.3) is 0 Å². The molecule has 0 bridgehead atoms. The molecule has 1 nitrogen and oxygen atoms in total. The predicted octanol–water partition coefficient (Wildman–Crippen LogP) is 3.53. The van der Waals surface area contributed by atoms with Crippen molar-refractivity contribution in [2.45, 2.75) is 26.7 Å². The van der Waals surface area contributed by atoms with Crippen molar-refractivity contribution in [2.24, 2.45) is 0 Å². The minimum atomic E-state index is -2.58. The SMILES string of the molecule is CCC(=O)c1cccc(C)c1C(F)F. The highest BCUT2D eigenvalue weighted by atomic mass is 19.3.